The predicted octanol–water partition coefficient (Wildman–Crippen LogP) is 1.85. The van der Waals surface area contributed by atoms with Crippen molar-refractivity contribution in [2.24, 2.45) is 0 Å². The molecule has 1 N–H and O–H groups in total. The molecule has 0 aliphatic carbocycles. The first-order valence-corrected chi connectivity index (χ1v) is 11.7. The van der Waals surface area contributed by atoms with E-state index in [2.05, 4.69) is 10.3 Å². The van der Waals surface area contributed by atoms with Crippen molar-refractivity contribution in [2.75, 3.05) is 38.2 Å². The number of anilines is 1. The second-order valence-corrected chi connectivity index (χ2v) is 9.81. The van der Waals surface area contributed by atoms with E-state index in [1.807, 2.05) is 6.92 Å². The number of carbonyl (C=O) groups excluding carboxylic acids is 2. The minimum Gasteiger partial charge on any atom is -0.455 e. The van der Waals surface area contributed by atoms with Crippen LogP contribution in [0.3, 0.4) is 0 Å². The average molecular weight is 474 g/mol. The van der Waals surface area contributed by atoms with Gasteiger partial charge in [-0.05, 0) is 25.1 Å². The Morgan fingerprint density at radius 3 is 2.73 bits per heavy atom. The van der Waals surface area contributed by atoms with Gasteiger partial charge in [-0.25, -0.2) is 13.4 Å². The monoisotopic (exact) mass is 473 g/mol. The van der Waals surface area contributed by atoms with Gasteiger partial charge in [-0.1, -0.05) is 11.6 Å². The molecule has 12 heteroatoms. The van der Waals surface area contributed by atoms with E-state index < -0.39 is 28.5 Å². The maximum atomic E-state index is 12.8. The molecular weight excluding hydrogens is 454 g/mol. The summed E-state index contributed by atoms with van der Waals surface area (Å²) < 4.78 is 37.0. The number of rotatable bonds is 7. The number of hydrogen-bond donors (Lipinski definition) is 1. The molecule has 0 unspecified atom stereocenters. The summed E-state index contributed by atoms with van der Waals surface area (Å²) in [7, 11) is -3.74. The molecule has 0 radical (unpaired) electrons. The summed E-state index contributed by atoms with van der Waals surface area (Å²) in [6, 6.07) is 4.05. The predicted molar refractivity (Wildman–Crippen MR) is 111 cm³/mol. The van der Waals surface area contributed by atoms with Crippen LogP contribution in [0.5, 0.6) is 0 Å². The molecule has 162 valence electrons. The Bertz CT molecular complexity index is 1030. The molecular formula is C18H20ClN3O6S2. The number of carbonyl (C=O) groups is 2. The molecule has 30 heavy (non-hydrogen) atoms. The second-order valence-electron chi connectivity index (χ2n) is 6.40. The Morgan fingerprint density at radius 1 is 1.33 bits per heavy atom. The van der Waals surface area contributed by atoms with Crippen LogP contribution in [-0.4, -0.2) is 62.5 Å². The smallest absolute Gasteiger partial charge is 0.312 e. The minimum absolute atomic E-state index is 0.00000302. The Labute approximate surface area is 183 Å². The number of hydrogen-bond acceptors (Lipinski definition) is 8. The first-order chi connectivity index (χ1) is 14.3. The molecule has 9 nitrogen and oxygen atoms in total. The Hall–Kier alpha value is -2.05. The lowest BCUT2D eigenvalue weighted by Crippen LogP contribution is -2.40. The van der Waals surface area contributed by atoms with Crippen LogP contribution in [0, 0.1) is 6.92 Å². The van der Waals surface area contributed by atoms with Gasteiger partial charge >= 0.3 is 5.97 Å². The van der Waals surface area contributed by atoms with Crippen molar-refractivity contribution in [1.82, 2.24) is 9.29 Å². The molecule has 1 aromatic carbocycles. The summed E-state index contributed by atoms with van der Waals surface area (Å²) in [6.45, 7) is 2.44. The molecule has 1 aliphatic rings. The summed E-state index contributed by atoms with van der Waals surface area (Å²) in [5, 5.41) is 5.22. The molecule has 2 aromatic rings. The van der Waals surface area contributed by atoms with E-state index >= 15 is 0 Å². The van der Waals surface area contributed by atoms with Crippen molar-refractivity contribution in [2.45, 2.75) is 18.2 Å². The quantitative estimate of drug-likeness (QED) is 0.610. The number of aromatic nitrogens is 1. The van der Waals surface area contributed by atoms with Gasteiger partial charge < -0.3 is 14.8 Å². The molecule has 1 saturated heterocycles. The fraction of sp³-hybridized carbons (Fsp3) is 0.389. The lowest BCUT2D eigenvalue weighted by Gasteiger charge is -2.26. The summed E-state index contributed by atoms with van der Waals surface area (Å²) in [5.74, 6) is -1.23. The largest absolute Gasteiger partial charge is 0.455 e. The molecule has 1 aromatic heterocycles. The Kier molecular flexibility index (Phi) is 7.42. The van der Waals surface area contributed by atoms with Gasteiger partial charge in [-0.3, -0.25) is 9.59 Å². The van der Waals surface area contributed by atoms with Crippen LogP contribution in [0.2, 0.25) is 5.02 Å². The van der Waals surface area contributed by atoms with Crippen molar-refractivity contribution < 1.29 is 27.5 Å². The van der Waals surface area contributed by atoms with Gasteiger partial charge in [0.2, 0.25) is 10.0 Å². The van der Waals surface area contributed by atoms with Crippen LogP contribution >= 0.6 is 22.9 Å². The molecule has 1 aliphatic heterocycles. The normalized spacial score (nSPS) is 15.0. The van der Waals surface area contributed by atoms with E-state index in [0.29, 0.717) is 18.9 Å². The zero-order chi connectivity index (χ0) is 21.7. The zero-order valence-electron chi connectivity index (χ0n) is 16.1. The molecule has 0 spiro atoms. The van der Waals surface area contributed by atoms with Gasteiger partial charge in [0.15, 0.2) is 6.61 Å². The van der Waals surface area contributed by atoms with E-state index in [1.54, 1.807) is 5.38 Å². The summed E-state index contributed by atoms with van der Waals surface area (Å²) in [4.78, 5) is 28.2. The Balaban J connectivity index is 1.60. The maximum Gasteiger partial charge on any atom is 0.312 e. The van der Waals surface area contributed by atoms with Gasteiger partial charge in [0, 0.05) is 18.5 Å². The number of benzene rings is 1. The number of aryl methyl sites for hydroxylation is 1. The summed E-state index contributed by atoms with van der Waals surface area (Å²) in [5.41, 5.74) is 0.689. The van der Waals surface area contributed by atoms with Gasteiger partial charge in [0.25, 0.3) is 5.91 Å². The molecule has 0 bridgehead atoms. The van der Waals surface area contributed by atoms with Crippen molar-refractivity contribution in [3.8, 4) is 0 Å². The number of nitrogens with one attached hydrogen (secondary N) is 1. The number of sulfonamides is 1. The fourth-order valence-electron chi connectivity index (χ4n) is 2.72. The van der Waals surface area contributed by atoms with Crippen LogP contribution in [0.25, 0.3) is 0 Å². The van der Waals surface area contributed by atoms with Crippen LogP contribution < -0.4 is 5.32 Å². The number of ether oxygens (including phenoxy) is 2. The molecule has 1 amide bonds. The van der Waals surface area contributed by atoms with Crippen molar-refractivity contribution in [3.63, 3.8) is 0 Å². The molecule has 0 atom stereocenters. The van der Waals surface area contributed by atoms with Gasteiger partial charge in [-0.2, -0.15) is 4.31 Å². The third kappa shape index (κ3) is 5.76. The van der Waals surface area contributed by atoms with Gasteiger partial charge in [0.1, 0.15) is 0 Å². The SMILES string of the molecule is Cc1nc(CC(=O)OCC(=O)Nc2cc(S(=O)(=O)N3CCOCC3)ccc2Cl)cs1. The highest BCUT2D eigenvalue weighted by Crippen LogP contribution is 2.27. The molecule has 2 heterocycles. The average Bonchev–Trinajstić information content (AvgIpc) is 3.13. The summed E-state index contributed by atoms with van der Waals surface area (Å²) >= 11 is 7.51. The molecule has 1 fully saturated rings. The third-order valence-electron chi connectivity index (χ3n) is 4.18. The second kappa shape index (κ2) is 9.84. The number of esters is 1. The van der Waals surface area contributed by atoms with Crippen molar-refractivity contribution in [3.05, 3.63) is 39.3 Å². The fourth-order valence-corrected chi connectivity index (χ4v) is 4.93. The first-order valence-electron chi connectivity index (χ1n) is 8.99. The standard InChI is InChI=1S/C18H20ClN3O6S2/c1-12-20-13(11-29-12)8-18(24)28-10-17(23)21-16-9-14(2-3-15(16)19)30(25,26)22-4-6-27-7-5-22/h2-3,9,11H,4-8,10H2,1H3,(H,21,23). The highest BCUT2D eigenvalue weighted by molar-refractivity contribution is 7.89. The van der Waals surface area contributed by atoms with Crippen LogP contribution in [-0.2, 0) is 35.5 Å². The number of halogens is 1. The topological polar surface area (TPSA) is 115 Å². The van der Waals surface area contributed by atoms with Crippen LogP contribution in [0.4, 0.5) is 5.69 Å². The van der Waals surface area contributed by atoms with Crippen LogP contribution in [0.15, 0.2) is 28.5 Å². The van der Waals surface area contributed by atoms with Gasteiger partial charge in [0.05, 0.1) is 45.9 Å². The number of morpholine rings is 1. The lowest BCUT2D eigenvalue weighted by molar-refractivity contribution is -0.146. The zero-order valence-corrected chi connectivity index (χ0v) is 18.5. The number of nitrogens with zero attached hydrogens (tertiary/aromatic N) is 2. The molecule has 3 rings (SSSR count). The maximum absolute atomic E-state index is 12.8. The highest BCUT2D eigenvalue weighted by atomic mass is 35.5. The van der Waals surface area contributed by atoms with E-state index in [1.165, 1.54) is 33.8 Å². The summed E-state index contributed by atoms with van der Waals surface area (Å²) in [6.07, 6.45) is -0.0361. The number of thiazole rings is 1. The van der Waals surface area contributed by atoms with E-state index in [0.717, 1.165) is 5.01 Å². The molecule has 0 saturated carbocycles. The minimum atomic E-state index is -3.74. The Morgan fingerprint density at radius 2 is 2.07 bits per heavy atom. The van der Waals surface area contributed by atoms with Crippen molar-refractivity contribution in [1.29, 1.82) is 0 Å². The van der Waals surface area contributed by atoms with E-state index in [9.17, 15) is 18.0 Å². The van der Waals surface area contributed by atoms with Gasteiger partial charge in [-0.15, -0.1) is 11.3 Å². The first kappa shape index (κ1) is 22.6. The van der Waals surface area contributed by atoms with Crippen molar-refractivity contribution >= 4 is 50.5 Å². The third-order valence-corrected chi connectivity index (χ3v) is 7.22. The van der Waals surface area contributed by atoms with E-state index in [-0.39, 0.29) is 35.1 Å². The number of amides is 1. The van der Waals surface area contributed by atoms with Crippen LogP contribution in [0.1, 0.15) is 10.7 Å². The highest BCUT2D eigenvalue weighted by Gasteiger charge is 2.27. The van der Waals surface area contributed by atoms with E-state index in [4.69, 9.17) is 21.1 Å². The lowest BCUT2D eigenvalue weighted by atomic mass is 10.3.